The minimum atomic E-state index is -1.08. The van der Waals surface area contributed by atoms with Crippen LogP contribution in [0.5, 0.6) is 0 Å². The van der Waals surface area contributed by atoms with Crippen molar-refractivity contribution >= 4 is 59.7 Å². The molecule has 32 nitrogen and oxygen atoms in total. The largest absolute Gasteiger partial charge is 0.508 e. The molecule has 12 aliphatic rings. The number of carboxylic acid groups (broad SMARTS) is 6. The molecule has 0 bridgehead atoms. The summed E-state index contributed by atoms with van der Waals surface area (Å²) in [4.78, 5) is 105. The smallest absolute Gasteiger partial charge is 0.337 e. The molecule has 20 atom stereocenters. The third kappa shape index (κ3) is 23.6. The Morgan fingerprint density at radius 2 is 0.468 bits per heavy atom. The van der Waals surface area contributed by atoms with Gasteiger partial charge in [0.2, 0.25) is 0 Å². The van der Waals surface area contributed by atoms with Gasteiger partial charge in [-0.1, -0.05) is 104 Å². The second-order valence-electron chi connectivity index (χ2n) is 38.1. The highest BCUT2D eigenvalue weighted by molar-refractivity contribution is 5.92. The lowest BCUT2D eigenvalue weighted by Gasteiger charge is -2.60. The molecule has 4 heterocycles. The zero-order valence-corrected chi connectivity index (χ0v) is 73.4. The average molecular weight is 1760 g/mol. The summed E-state index contributed by atoms with van der Waals surface area (Å²) in [5.41, 5.74) is 4.02. The summed E-state index contributed by atoms with van der Waals surface area (Å²) < 4.78 is 19.6. The Labute approximate surface area is 725 Å². The van der Waals surface area contributed by atoms with E-state index in [0.29, 0.717) is 73.7 Å². The number of aliphatic hydroxyl groups excluding tert-OH is 12. The Morgan fingerprint density at radius 1 is 0.306 bits per heavy atom. The van der Waals surface area contributed by atoms with Crippen LogP contribution in [-0.2, 0) is 66.9 Å². The standard InChI is InChI=1S/4C20H30O5.3C4H6O4/c4*1-12-4-7-16-19(2,9-8-17(23)20(16,3)11-21)14(12)6-5-13-15(22)10-25-18(13)24;3*5-3(6)1-2-4(7)8/h4*14,16-17,21-23H,1,4-11H2,2-3H3;3*1-2H2,(H,5,6)(H,7,8)/t4*14-,16+,17-,19+,20+;;;/m1111.../s1. The van der Waals surface area contributed by atoms with Crippen molar-refractivity contribution in [2.24, 2.45) is 90.7 Å². The van der Waals surface area contributed by atoms with E-state index >= 15 is 0 Å². The molecule has 12 rings (SSSR count). The van der Waals surface area contributed by atoms with E-state index in [9.17, 15) is 109 Å². The van der Waals surface area contributed by atoms with Crippen LogP contribution in [0, 0.1) is 90.7 Å². The van der Waals surface area contributed by atoms with Crippen LogP contribution in [0.25, 0.3) is 0 Å². The predicted octanol–water partition coefficient (Wildman–Crippen LogP) is 11.3. The topological polar surface area (TPSA) is 572 Å². The molecule has 32 heteroatoms. The number of carbonyl (C=O) groups excluding carboxylic acids is 4. The molecule has 18 N–H and O–H groups in total. The molecule has 4 aliphatic heterocycles. The van der Waals surface area contributed by atoms with Crippen LogP contribution >= 0.6 is 0 Å². The van der Waals surface area contributed by atoms with Crippen molar-refractivity contribution in [3.05, 3.63) is 93.9 Å². The highest BCUT2D eigenvalue weighted by Crippen LogP contribution is 2.66. The number of ether oxygens (including phenoxy) is 4. The number of aliphatic hydroxyl groups is 12. The first-order valence-electron chi connectivity index (χ1n) is 43.3. The molecule has 0 aromatic rings. The zero-order chi connectivity index (χ0) is 93.3. The molecule has 8 fully saturated rings. The van der Waals surface area contributed by atoms with Gasteiger partial charge in [-0.15, -0.1) is 0 Å². The van der Waals surface area contributed by atoms with E-state index in [-0.39, 0.29) is 183 Å². The SMILES string of the molecule is C=C1CC[C@@H]2[C@](C)(CO)[C@H](O)CC[C@@]2(C)[C@@H]1CCC1=C(O)COC1=O.C=C1CC[C@@H]2[C@](C)(CO)[C@H](O)CC[C@@]2(C)[C@@H]1CCC1=C(O)COC1=O.C=C1CC[C@@H]2[C@](C)(CO)[C@H](O)CC[C@@]2(C)[C@@H]1CCC1=C(O)COC1=O.C=C1CC[C@@H]2[C@](C)(CO)[C@H](O)CC[C@@]2(C)[C@@H]1CCC1=C(O)COC1=O.O=C(O)CCC(=O)O.O=C(O)CCC(=O)O.O=C(O)CCC(=O)O. The predicted molar refractivity (Wildman–Crippen MR) is 448 cm³/mol. The number of carbonyl (C=O) groups is 10. The molecule has 124 heavy (non-hydrogen) atoms. The zero-order valence-electron chi connectivity index (χ0n) is 73.4. The molecule has 698 valence electrons. The van der Waals surface area contributed by atoms with Gasteiger partial charge in [-0.2, -0.15) is 0 Å². The monoisotopic (exact) mass is 1750 g/mol. The van der Waals surface area contributed by atoms with Crippen LogP contribution in [-0.4, -0.2) is 229 Å². The molecule has 0 aromatic carbocycles. The number of allylic oxidation sites excluding steroid dienone is 4. The molecule has 0 unspecified atom stereocenters. The summed E-state index contributed by atoms with van der Waals surface area (Å²) in [5, 5.41) is 169. The van der Waals surface area contributed by atoms with E-state index in [4.69, 9.17) is 49.6 Å². The van der Waals surface area contributed by atoms with Crippen molar-refractivity contribution in [1.29, 1.82) is 0 Å². The number of esters is 4. The third-order valence-electron chi connectivity index (χ3n) is 30.9. The maximum Gasteiger partial charge on any atom is 0.337 e. The van der Waals surface area contributed by atoms with Gasteiger partial charge in [-0.3, -0.25) is 28.8 Å². The lowest BCUT2D eigenvalue weighted by molar-refractivity contribution is -0.152. The van der Waals surface area contributed by atoms with Gasteiger partial charge in [-0.25, -0.2) is 19.2 Å². The van der Waals surface area contributed by atoms with E-state index in [0.717, 1.165) is 103 Å². The first kappa shape index (κ1) is 104. The molecule has 8 aliphatic carbocycles. The maximum absolute atomic E-state index is 11.8. The van der Waals surface area contributed by atoms with Crippen LogP contribution in [0.2, 0.25) is 0 Å². The van der Waals surface area contributed by atoms with Crippen LogP contribution in [0.4, 0.5) is 0 Å². The van der Waals surface area contributed by atoms with Crippen molar-refractivity contribution in [3.63, 3.8) is 0 Å². The number of fused-ring (bicyclic) bond motifs is 4. The van der Waals surface area contributed by atoms with Crippen LogP contribution < -0.4 is 0 Å². The molecular formula is C92H138O32. The average Bonchev–Trinajstić information content (AvgIpc) is 1.04. The summed E-state index contributed by atoms with van der Waals surface area (Å²) in [5.74, 6) is -6.26. The van der Waals surface area contributed by atoms with Crippen molar-refractivity contribution in [3.8, 4) is 0 Å². The molecule has 0 amide bonds. The molecule has 0 saturated heterocycles. The highest BCUT2D eigenvalue weighted by Gasteiger charge is 2.62. The summed E-state index contributed by atoms with van der Waals surface area (Å²) in [6.45, 7) is 33.9. The Balaban J connectivity index is 0.000000234. The maximum atomic E-state index is 11.8. The van der Waals surface area contributed by atoms with Gasteiger partial charge in [0.25, 0.3) is 0 Å². The van der Waals surface area contributed by atoms with E-state index in [1.807, 2.05) is 27.7 Å². The summed E-state index contributed by atoms with van der Waals surface area (Å²) in [7, 11) is 0. The number of rotatable bonds is 25. The Hall–Kier alpha value is -8.50. The second kappa shape index (κ2) is 43.8. The van der Waals surface area contributed by atoms with E-state index in [2.05, 4.69) is 54.0 Å². The third-order valence-corrected chi connectivity index (χ3v) is 30.9. The molecule has 0 aromatic heterocycles. The minimum Gasteiger partial charge on any atom is -0.508 e. The Kier molecular flexibility index (Phi) is 36.8. The van der Waals surface area contributed by atoms with Crippen molar-refractivity contribution in [2.75, 3.05) is 52.9 Å². The number of hydrogen-bond acceptors (Lipinski definition) is 26. The first-order chi connectivity index (χ1) is 57.8. The van der Waals surface area contributed by atoms with Crippen LogP contribution in [0.1, 0.15) is 248 Å². The second-order valence-corrected chi connectivity index (χ2v) is 38.1. The Bertz CT molecular complexity index is 3540. The van der Waals surface area contributed by atoms with Crippen LogP contribution in [0.3, 0.4) is 0 Å². The lowest BCUT2D eigenvalue weighted by Crippen LogP contribution is -2.57. The number of carboxylic acids is 6. The molecule has 0 radical (unpaired) electrons. The van der Waals surface area contributed by atoms with Crippen molar-refractivity contribution < 1.29 is 159 Å². The van der Waals surface area contributed by atoms with Gasteiger partial charge in [-0.05, 0) is 223 Å². The number of hydrogen-bond donors (Lipinski definition) is 18. The Morgan fingerprint density at radius 3 is 0.597 bits per heavy atom. The molecule has 8 saturated carbocycles. The van der Waals surface area contributed by atoms with Crippen molar-refractivity contribution in [1.82, 2.24) is 0 Å². The summed E-state index contributed by atoms with van der Waals surface area (Å²) >= 11 is 0. The summed E-state index contributed by atoms with van der Waals surface area (Å²) in [6, 6.07) is 0. The minimum absolute atomic E-state index is 0.0194. The normalized spacial score (nSPS) is 35.3. The highest BCUT2D eigenvalue weighted by atomic mass is 16.6. The van der Waals surface area contributed by atoms with E-state index < -0.39 is 106 Å². The van der Waals surface area contributed by atoms with Gasteiger partial charge in [0, 0.05) is 21.7 Å². The number of aliphatic carboxylic acids is 6. The molecular weight excluding hydrogens is 1620 g/mol. The lowest BCUT2D eigenvalue weighted by atomic mass is 9.46. The van der Waals surface area contributed by atoms with Crippen molar-refractivity contribution in [2.45, 2.75) is 272 Å². The van der Waals surface area contributed by atoms with Gasteiger partial charge < -0.3 is 111 Å². The fourth-order valence-electron chi connectivity index (χ4n) is 23.4. The van der Waals surface area contributed by atoms with Crippen LogP contribution in [0.15, 0.2) is 93.9 Å². The quantitative estimate of drug-likeness (QED) is 0.0229. The number of cyclic esters (lactones) is 4. The summed E-state index contributed by atoms with van der Waals surface area (Å²) in [6.07, 6.45) is 14.6. The molecule has 0 spiro atoms. The van der Waals surface area contributed by atoms with Gasteiger partial charge in [0.1, 0.15) is 49.5 Å². The van der Waals surface area contributed by atoms with Gasteiger partial charge in [0.15, 0.2) is 0 Å². The fourth-order valence-corrected chi connectivity index (χ4v) is 23.4. The first-order valence-corrected chi connectivity index (χ1v) is 43.3. The van der Waals surface area contributed by atoms with Gasteiger partial charge >= 0.3 is 59.7 Å². The van der Waals surface area contributed by atoms with E-state index in [1.165, 1.54) is 22.3 Å². The fraction of sp³-hybridized carbons (Fsp3) is 0.717. The van der Waals surface area contributed by atoms with Gasteiger partial charge in [0.05, 0.1) is 112 Å². The van der Waals surface area contributed by atoms with E-state index in [1.54, 1.807) is 0 Å².